The molecule has 8 rings (SSSR count). The summed E-state index contributed by atoms with van der Waals surface area (Å²) in [5.41, 5.74) is 1.30. The quantitative estimate of drug-likeness (QED) is 0.197. The van der Waals surface area contributed by atoms with Crippen molar-refractivity contribution in [1.29, 1.82) is 0 Å². The lowest BCUT2D eigenvalue weighted by Crippen LogP contribution is -2.41. The van der Waals surface area contributed by atoms with E-state index in [2.05, 4.69) is 0 Å². The van der Waals surface area contributed by atoms with E-state index >= 15 is 0 Å². The van der Waals surface area contributed by atoms with Gasteiger partial charge in [-0.05, 0) is 44.3 Å². The normalized spacial score (nSPS) is 14.6. The first kappa shape index (κ1) is 27.3. The fraction of sp³-hybridized carbons (Fsp3) is 0.241. The standard InChI is InChI=1S/C29H22F6N2O3/c1-40-25-12-17-10-11-18(25)14-37(27(39)29(33,34)35)16-24-21-8-4-2-6-19(21)23(20-7-3-5-9-22(20)24)15-36(13-17)26(38)28(30,31)32/h2-12H,13-16H2,1H3. The van der Waals surface area contributed by atoms with Crippen LogP contribution in [-0.4, -0.2) is 41.1 Å². The zero-order valence-corrected chi connectivity index (χ0v) is 21.1. The number of carbonyl (C=O) groups excluding carboxylic acids is 2. The Hall–Kier alpha value is -4.28. The van der Waals surface area contributed by atoms with Gasteiger partial charge in [-0.3, -0.25) is 9.59 Å². The molecule has 5 nitrogen and oxygen atoms in total. The van der Waals surface area contributed by atoms with Crippen LogP contribution in [0, 0.1) is 0 Å². The highest BCUT2D eigenvalue weighted by atomic mass is 19.4. The molecule has 0 saturated heterocycles. The molecule has 0 spiro atoms. The lowest BCUT2D eigenvalue weighted by molar-refractivity contribution is -0.186. The van der Waals surface area contributed by atoms with E-state index in [0.29, 0.717) is 42.5 Å². The van der Waals surface area contributed by atoms with Crippen molar-refractivity contribution in [2.45, 2.75) is 38.5 Å². The number of hydrogen-bond donors (Lipinski definition) is 0. The van der Waals surface area contributed by atoms with Gasteiger partial charge in [0, 0.05) is 31.7 Å². The van der Waals surface area contributed by atoms with E-state index in [-0.39, 0.29) is 16.9 Å². The van der Waals surface area contributed by atoms with Crippen LogP contribution in [0.15, 0.2) is 66.7 Å². The summed E-state index contributed by atoms with van der Waals surface area (Å²) in [6.45, 7) is -1.77. The smallest absolute Gasteiger partial charge is 0.471 e. The van der Waals surface area contributed by atoms with E-state index in [9.17, 15) is 35.9 Å². The summed E-state index contributed by atoms with van der Waals surface area (Å²) in [5.74, 6) is -3.98. The van der Waals surface area contributed by atoms with Gasteiger partial charge in [0.1, 0.15) is 5.75 Å². The molecule has 0 N–H and O–H groups in total. The van der Waals surface area contributed by atoms with Gasteiger partial charge in [-0.2, -0.15) is 26.3 Å². The Bertz CT molecular complexity index is 1570. The Morgan fingerprint density at radius 2 is 1.07 bits per heavy atom. The molecule has 0 fully saturated rings. The molecule has 4 aliphatic rings. The fourth-order valence-electron chi connectivity index (χ4n) is 5.23. The maximum Gasteiger partial charge on any atom is 0.471 e. The summed E-state index contributed by atoms with van der Waals surface area (Å²) in [4.78, 5) is 26.7. The fourth-order valence-corrected chi connectivity index (χ4v) is 5.23. The molecular formula is C29H22F6N2O3. The van der Waals surface area contributed by atoms with Crippen LogP contribution in [0.25, 0.3) is 21.5 Å². The molecule has 0 radical (unpaired) electrons. The van der Waals surface area contributed by atoms with Gasteiger partial charge < -0.3 is 14.5 Å². The van der Waals surface area contributed by atoms with Crippen molar-refractivity contribution in [2.75, 3.05) is 7.11 Å². The average molecular weight is 560 g/mol. The first-order valence-corrected chi connectivity index (χ1v) is 12.2. The van der Waals surface area contributed by atoms with Crippen molar-refractivity contribution < 1.29 is 40.7 Å². The van der Waals surface area contributed by atoms with E-state index in [1.165, 1.54) is 25.3 Å². The number of rotatable bonds is 1. The van der Waals surface area contributed by atoms with E-state index < -0.39 is 50.3 Å². The molecule has 0 aromatic heterocycles. The third-order valence-corrected chi connectivity index (χ3v) is 7.00. The predicted octanol–water partition coefficient (Wildman–Crippen LogP) is 6.50. The van der Waals surface area contributed by atoms with Gasteiger partial charge in [-0.15, -0.1) is 0 Å². The highest BCUT2D eigenvalue weighted by molar-refractivity contribution is 6.06. The number of benzene rings is 4. The summed E-state index contributed by atoms with van der Waals surface area (Å²) in [7, 11) is 1.26. The number of amides is 2. The Balaban J connectivity index is 1.83. The van der Waals surface area contributed by atoms with Crippen molar-refractivity contribution in [3.8, 4) is 5.75 Å². The van der Waals surface area contributed by atoms with Crippen LogP contribution in [0.4, 0.5) is 26.3 Å². The van der Waals surface area contributed by atoms with Crippen LogP contribution in [0.5, 0.6) is 5.75 Å². The Kier molecular flexibility index (Phi) is 6.85. The van der Waals surface area contributed by atoms with Gasteiger partial charge in [0.15, 0.2) is 0 Å². The third kappa shape index (κ3) is 5.03. The zero-order valence-electron chi connectivity index (χ0n) is 21.1. The monoisotopic (exact) mass is 560 g/mol. The molecule has 0 atom stereocenters. The third-order valence-electron chi connectivity index (χ3n) is 7.00. The first-order chi connectivity index (χ1) is 18.9. The van der Waals surface area contributed by atoms with Gasteiger partial charge in [0.25, 0.3) is 0 Å². The topological polar surface area (TPSA) is 49.9 Å². The Morgan fingerprint density at radius 1 is 0.650 bits per heavy atom. The summed E-state index contributed by atoms with van der Waals surface area (Å²) < 4.78 is 87.9. The minimum absolute atomic E-state index is 0.0811. The number of ether oxygens (including phenoxy) is 1. The molecular weight excluding hydrogens is 538 g/mol. The highest BCUT2D eigenvalue weighted by Crippen LogP contribution is 2.37. The van der Waals surface area contributed by atoms with E-state index in [4.69, 9.17) is 4.74 Å². The number of carbonyl (C=O) groups is 2. The molecule has 4 aromatic rings. The van der Waals surface area contributed by atoms with Crippen molar-refractivity contribution in [3.63, 3.8) is 0 Å². The highest BCUT2D eigenvalue weighted by Gasteiger charge is 2.44. The SMILES string of the molecule is COc1cc2ccc1CN(C(=O)C(F)(F)F)Cc1c3ccccc3c(c3ccccc13)CN(C(=O)C(F)(F)F)C2. The number of hydrogen-bond acceptors (Lipinski definition) is 3. The van der Waals surface area contributed by atoms with Crippen LogP contribution in [0.3, 0.4) is 0 Å². The molecule has 4 heterocycles. The van der Waals surface area contributed by atoms with E-state index in [0.717, 1.165) is 0 Å². The average Bonchev–Trinajstić information content (AvgIpc) is 2.92. The van der Waals surface area contributed by atoms with Crippen LogP contribution in [-0.2, 0) is 35.8 Å². The Morgan fingerprint density at radius 3 is 1.48 bits per heavy atom. The first-order valence-electron chi connectivity index (χ1n) is 12.2. The van der Waals surface area contributed by atoms with Gasteiger partial charge in [-0.1, -0.05) is 60.7 Å². The summed E-state index contributed by atoms with van der Waals surface area (Å²) >= 11 is 0. The minimum Gasteiger partial charge on any atom is -0.496 e. The van der Waals surface area contributed by atoms with Crippen LogP contribution in [0.2, 0.25) is 0 Å². The lowest BCUT2D eigenvalue weighted by Gasteiger charge is -2.30. The van der Waals surface area contributed by atoms with Crippen LogP contribution < -0.4 is 4.74 Å². The second kappa shape index (κ2) is 10.0. The maximum absolute atomic E-state index is 13.8. The molecule has 11 heteroatoms. The summed E-state index contributed by atoms with van der Waals surface area (Å²) in [6, 6.07) is 17.4. The molecule has 4 aliphatic heterocycles. The zero-order chi connectivity index (χ0) is 28.8. The van der Waals surface area contributed by atoms with Crippen LogP contribution in [0.1, 0.15) is 22.3 Å². The molecule has 208 valence electrons. The largest absolute Gasteiger partial charge is 0.496 e. The molecule has 2 amide bonds. The minimum atomic E-state index is -5.15. The van der Waals surface area contributed by atoms with Crippen molar-refractivity contribution in [3.05, 3.63) is 89.0 Å². The van der Waals surface area contributed by atoms with Gasteiger partial charge in [0.05, 0.1) is 7.11 Å². The van der Waals surface area contributed by atoms with Crippen molar-refractivity contribution >= 4 is 33.4 Å². The molecule has 0 unspecified atom stereocenters. The molecule has 0 aliphatic carbocycles. The number of methoxy groups -OCH3 is 1. The second-order valence-corrected chi connectivity index (χ2v) is 9.51. The second-order valence-electron chi connectivity index (χ2n) is 9.51. The molecule has 0 saturated carbocycles. The lowest BCUT2D eigenvalue weighted by atomic mass is 9.90. The number of nitrogens with zero attached hydrogens (tertiary/aromatic N) is 2. The Labute approximate surface area is 224 Å². The molecule has 4 bridgehead atoms. The van der Waals surface area contributed by atoms with Gasteiger partial charge in [0.2, 0.25) is 0 Å². The molecule has 40 heavy (non-hydrogen) atoms. The van der Waals surface area contributed by atoms with Gasteiger partial charge in [-0.25, -0.2) is 0 Å². The number of halogens is 6. The van der Waals surface area contributed by atoms with E-state index in [1.54, 1.807) is 48.5 Å². The summed E-state index contributed by atoms with van der Waals surface area (Å²) in [6.07, 6.45) is -10.3. The summed E-state index contributed by atoms with van der Waals surface area (Å²) in [5, 5.41) is 1.88. The van der Waals surface area contributed by atoms with Crippen molar-refractivity contribution in [1.82, 2.24) is 9.80 Å². The van der Waals surface area contributed by atoms with Crippen LogP contribution >= 0.6 is 0 Å². The van der Waals surface area contributed by atoms with Gasteiger partial charge >= 0.3 is 24.2 Å². The number of alkyl halides is 6. The molecule has 4 aromatic carbocycles. The van der Waals surface area contributed by atoms with Crippen molar-refractivity contribution in [2.24, 2.45) is 0 Å². The van der Waals surface area contributed by atoms with E-state index in [1.807, 2.05) is 0 Å². The predicted molar refractivity (Wildman–Crippen MR) is 135 cm³/mol. The maximum atomic E-state index is 13.8.